The minimum absolute atomic E-state index is 0.0690. The van der Waals surface area contributed by atoms with E-state index in [0.29, 0.717) is 0 Å². The monoisotopic (exact) mass is 257 g/mol. The number of hydrogen-bond donors (Lipinski definition) is 2. The lowest BCUT2D eigenvalue weighted by atomic mass is 10.0. The predicted molar refractivity (Wildman–Crippen MR) is 75.1 cm³/mol. The van der Waals surface area contributed by atoms with Gasteiger partial charge in [-0.2, -0.15) is 5.26 Å². The highest BCUT2D eigenvalue weighted by Gasteiger charge is 2.13. The van der Waals surface area contributed by atoms with Crippen molar-refractivity contribution in [3.63, 3.8) is 0 Å². The van der Waals surface area contributed by atoms with Gasteiger partial charge in [0.05, 0.1) is 6.04 Å². The molecule has 2 N–H and O–H groups in total. The minimum Gasteiger partial charge on any atom is -0.393 e. The first-order valence-electron chi connectivity index (χ1n) is 6.29. The molecule has 19 heavy (non-hydrogen) atoms. The fourth-order valence-electron chi connectivity index (χ4n) is 1.69. The van der Waals surface area contributed by atoms with E-state index in [1.807, 2.05) is 37.3 Å². The Balaban J connectivity index is 2.73. The van der Waals surface area contributed by atoms with Crippen LogP contribution in [0.5, 0.6) is 0 Å². The van der Waals surface area contributed by atoms with E-state index in [0.717, 1.165) is 12.0 Å². The lowest BCUT2D eigenvalue weighted by Crippen LogP contribution is -2.28. The van der Waals surface area contributed by atoms with E-state index >= 15 is 0 Å². The van der Waals surface area contributed by atoms with Crippen molar-refractivity contribution in [2.45, 2.75) is 26.3 Å². The second kappa shape index (κ2) is 7.22. The van der Waals surface area contributed by atoms with Gasteiger partial charge in [-0.05, 0) is 24.5 Å². The van der Waals surface area contributed by atoms with E-state index in [2.05, 4.69) is 17.6 Å². The van der Waals surface area contributed by atoms with E-state index in [4.69, 9.17) is 5.26 Å². The second-order valence-corrected chi connectivity index (χ2v) is 4.25. The average molecular weight is 257 g/mol. The third-order valence-corrected chi connectivity index (χ3v) is 2.89. The molecule has 100 valence electrons. The van der Waals surface area contributed by atoms with Gasteiger partial charge in [-0.15, -0.1) is 0 Å². The van der Waals surface area contributed by atoms with Crippen molar-refractivity contribution in [2.75, 3.05) is 7.05 Å². The Morgan fingerprint density at radius 1 is 1.42 bits per heavy atom. The summed E-state index contributed by atoms with van der Waals surface area (Å²) in [7, 11) is 1.65. The molecule has 1 atom stereocenters. The molecule has 4 nitrogen and oxygen atoms in total. The van der Waals surface area contributed by atoms with Gasteiger partial charge < -0.3 is 10.6 Å². The Morgan fingerprint density at radius 3 is 2.53 bits per heavy atom. The van der Waals surface area contributed by atoms with Gasteiger partial charge in [0.2, 0.25) is 0 Å². The first kappa shape index (κ1) is 14.8. The largest absolute Gasteiger partial charge is 0.393 e. The molecule has 0 saturated heterocycles. The summed E-state index contributed by atoms with van der Waals surface area (Å²) in [5.41, 5.74) is 2.35. The molecular formula is C15H19N3O. The number of aryl methyl sites for hydroxylation is 1. The lowest BCUT2D eigenvalue weighted by molar-refractivity contribution is -0.117. The summed E-state index contributed by atoms with van der Waals surface area (Å²) in [5.74, 6) is -0.371. The van der Waals surface area contributed by atoms with E-state index < -0.39 is 0 Å². The van der Waals surface area contributed by atoms with Crippen molar-refractivity contribution in [1.82, 2.24) is 10.6 Å². The highest BCUT2D eigenvalue weighted by atomic mass is 16.1. The number of nitriles is 1. The zero-order valence-electron chi connectivity index (χ0n) is 11.5. The van der Waals surface area contributed by atoms with Crippen molar-refractivity contribution in [3.05, 3.63) is 47.2 Å². The fourth-order valence-corrected chi connectivity index (χ4v) is 1.69. The van der Waals surface area contributed by atoms with Crippen LogP contribution in [-0.4, -0.2) is 13.0 Å². The SMILES string of the molecule is CCc1ccc(C(C)NC(=O)/C(C#N)=C\NC)cc1. The van der Waals surface area contributed by atoms with Crippen LogP contribution in [0.15, 0.2) is 36.0 Å². The van der Waals surface area contributed by atoms with Gasteiger partial charge in [-0.25, -0.2) is 0 Å². The smallest absolute Gasteiger partial charge is 0.263 e. The second-order valence-electron chi connectivity index (χ2n) is 4.25. The predicted octanol–water partition coefficient (Wildman–Crippen LogP) is 2.05. The Morgan fingerprint density at radius 2 is 2.05 bits per heavy atom. The van der Waals surface area contributed by atoms with Crippen molar-refractivity contribution in [3.8, 4) is 6.07 Å². The Kier molecular flexibility index (Phi) is 5.62. The van der Waals surface area contributed by atoms with Crippen LogP contribution < -0.4 is 10.6 Å². The summed E-state index contributed by atoms with van der Waals surface area (Å²) in [6.07, 6.45) is 2.38. The molecule has 0 spiro atoms. The van der Waals surface area contributed by atoms with E-state index in [-0.39, 0.29) is 17.5 Å². The topological polar surface area (TPSA) is 64.9 Å². The molecule has 1 rings (SSSR count). The zero-order chi connectivity index (χ0) is 14.3. The normalized spacial score (nSPS) is 12.4. The maximum absolute atomic E-state index is 11.8. The number of hydrogen-bond acceptors (Lipinski definition) is 3. The van der Waals surface area contributed by atoms with E-state index in [1.54, 1.807) is 7.05 Å². The van der Waals surface area contributed by atoms with Crippen LogP contribution in [0.3, 0.4) is 0 Å². The maximum Gasteiger partial charge on any atom is 0.263 e. The van der Waals surface area contributed by atoms with Gasteiger partial charge in [-0.1, -0.05) is 31.2 Å². The molecule has 0 aliphatic heterocycles. The zero-order valence-corrected chi connectivity index (χ0v) is 11.5. The van der Waals surface area contributed by atoms with Crippen molar-refractivity contribution in [2.24, 2.45) is 0 Å². The molecule has 4 heteroatoms. The maximum atomic E-state index is 11.8. The Hall–Kier alpha value is -2.28. The summed E-state index contributed by atoms with van der Waals surface area (Å²) in [6.45, 7) is 4.00. The van der Waals surface area contributed by atoms with Gasteiger partial charge in [0.25, 0.3) is 5.91 Å². The van der Waals surface area contributed by atoms with Crippen LogP contribution in [0, 0.1) is 11.3 Å². The third kappa shape index (κ3) is 4.14. The Bertz CT molecular complexity index is 497. The number of rotatable bonds is 5. The van der Waals surface area contributed by atoms with Crippen LogP contribution in [0.4, 0.5) is 0 Å². The van der Waals surface area contributed by atoms with Crippen LogP contribution >= 0.6 is 0 Å². The molecule has 1 unspecified atom stereocenters. The molecule has 0 saturated carbocycles. The lowest BCUT2D eigenvalue weighted by Gasteiger charge is -2.14. The molecular weight excluding hydrogens is 238 g/mol. The molecule has 1 aromatic carbocycles. The van der Waals surface area contributed by atoms with Gasteiger partial charge in [0, 0.05) is 13.2 Å². The van der Waals surface area contributed by atoms with Crippen LogP contribution in [-0.2, 0) is 11.2 Å². The average Bonchev–Trinajstić information content (AvgIpc) is 2.44. The van der Waals surface area contributed by atoms with E-state index in [1.165, 1.54) is 11.8 Å². The minimum atomic E-state index is -0.371. The standard InChI is InChI=1S/C15H19N3O/c1-4-12-5-7-13(8-6-12)11(2)18-15(19)14(9-16)10-17-3/h5-8,10-11,17H,4H2,1-3H3,(H,18,19)/b14-10-. The number of carbonyl (C=O) groups excluding carboxylic acids is 1. The highest BCUT2D eigenvalue weighted by Crippen LogP contribution is 2.14. The van der Waals surface area contributed by atoms with Gasteiger partial charge in [0.1, 0.15) is 11.6 Å². The molecule has 1 aromatic rings. The van der Waals surface area contributed by atoms with Crippen LogP contribution in [0.25, 0.3) is 0 Å². The number of carbonyl (C=O) groups is 1. The molecule has 0 bridgehead atoms. The number of benzene rings is 1. The molecule has 0 aliphatic rings. The summed E-state index contributed by atoms with van der Waals surface area (Å²) < 4.78 is 0. The number of nitrogens with zero attached hydrogens (tertiary/aromatic N) is 1. The molecule has 0 aromatic heterocycles. The summed E-state index contributed by atoms with van der Waals surface area (Å²) in [6, 6.07) is 9.82. The fraction of sp³-hybridized carbons (Fsp3) is 0.333. The molecule has 0 aliphatic carbocycles. The summed E-state index contributed by atoms with van der Waals surface area (Å²) in [4.78, 5) is 11.8. The molecule has 0 heterocycles. The third-order valence-electron chi connectivity index (χ3n) is 2.89. The Labute approximate surface area is 114 Å². The van der Waals surface area contributed by atoms with E-state index in [9.17, 15) is 4.79 Å². The molecule has 1 amide bonds. The molecule has 0 fully saturated rings. The van der Waals surface area contributed by atoms with Gasteiger partial charge in [0.15, 0.2) is 0 Å². The van der Waals surface area contributed by atoms with Crippen LogP contribution in [0.1, 0.15) is 31.0 Å². The number of amides is 1. The summed E-state index contributed by atoms with van der Waals surface area (Å²) in [5, 5.41) is 14.3. The van der Waals surface area contributed by atoms with Gasteiger partial charge in [-0.3, -0.25) is 4.79 Å². The number of nitrogens with one attached hydrogen (secondary N) is 2. The van der Waals surface area contributed by atoms with Crippen LogP contribution in [0.2, 0.25) is 0 Å². The first-order valence-corrected chi connectivity index (χ1v) is 6.29. The highest BCUT2D eigenvalue weighted by molar-refractivity contribution is 5.97. The first-order chi connectivity index (χ1) is 9.12. The summed E-state index contributed by atoms with van der Waals surface area (Å²) >= 11 is 0. The van der Waals surface area contributed by atoms with Gasteiger partial charge >= 0.3 is 0 Å². The van der Waals surface area contributed by atoms with Crippen molar-refractivity contribution < 1.29 is 4.79 Å². The van der Waals surface area contributed by atoms with Crippen molar-refractivity contribution in [1.29, 1.82) is 5.26 Å². The quantitative estimate of drug-likeness (QED) is 0.627. The molecule has 0 radical (unpaired) electrons. The van der Waals surface area contributed by atoms with Crippen molar-refractivity contribution >= 4 is 5.91 Å².